The summed E-state index contributed by atoms with van der Waals surface area (Å²) in [5, 5.41) is 11.7. The van der Waals surface area contributed by atoms with Crippen LogP contribution in [0.5, 0.6) is 11.6 Å². The van der Waals surface area contributed by atoms with Crippen molar-refractivity contribution in [2.75, 3.05) is 71.5 Å². The largest absolute Gasteiger partial charge is 0.434 e. The minimum Gasteiger partial charge on any atom is -0.434 e. The number of hydrogen-bond donors (Lipinski definition) is 1. The number of nitrogens with one attached hydrogen (secondary N) is 1. The third-order valence-electron chi connectivity index (χ3n) is 9.14. The fourth-order valence-corrected chi connectivity index (χ4v) is 6.76. The minimum absolute atomic E-state index is 0.0445. The van der Waals surface area contributed by atoms with E-state index in [9.17, 15) is 9.18 Å². The van der Waals surface area contributed by atoms with Gasteiger partial charge in [-0.05, 0) is 70.7 Å². The van der Waals surface area contributed by atoms with Crippen LogP contribution < -0.4 is 15.0 Å². The first-order chi connectivity index (χ1) is 21.6. The predicted octanol–water partition coefficient (Wildman–Crippen LogP) is 4.24. The Labute approximate surface area is 267 Å². The second kappa shape index (κ2) is 16.1. The van der Waals surface area contributed by atoms with Crippen LogP contribution in [0.4, 0.5) is 10.2 Å². The molecule has 1 N–H and O–H groups in total. The first kappa shape index (κ1) is 34.9. The molecular formula is C33H52FN7O4. The Morgan fingerprint density at radius 2 is 1.96 bits per heavy atom. The molecule has 0 aliphatic carbocycles. The van der Waals surface area contributed by atoms with E-state index < -0.39 is 5.82 Å². The zero-order valence-corrected chi connectivity index (χ0v) is 28.1. The first-order valence-corrected chi connectivity index (χ1v) is 16.3. The van der Waals surface area contributed by atoms with Crippen molar-refractivity contribution in [2.45, 2.75) is 72.1 Å². The highest BCUT2D eigenvalue weighted by molar-refractivity contribution is 5.97. The summed E-state index contributed by atoms with van der Waals surface area (Å²) >= 11 is 0. The van der Waals surface area contributed by atoms with Gasteiger partial charge in [-0.15, -0.1) is 10.2 Å². The second-order valence-corrected chi connectivity index (χ2v) is 13.1. The van der Waals surface area contributed by atoms with Gasteiger partial charge in [0.05, 0.1) is 18.3 Å². The number of benzene rings is 1. The Morgan fingerprint density at radius 3 is 2.62 bits per heavy atom. The van der Waals surface area contributed by atoms with Crippen molar-refractivity contribution in [3.63, 3.8) is 0 Å². The minimum atomic E-state index is -0.503. The van der Waals surface area contributed by atoms with Gasteiger partial charge >= 0.3 is 0 Å². The summed E-state index contributed by atoms with van der Waals surface area (Å²) in [7, 11) is 3.42. The lowest BCUT2D eigenvalue weighted by molar-refractivity contribution is -0.0340. The molecule has 1 aromatic carbocycles. The Morgan fingerprint density at radius 1 is 1.18 bits per heavy atom. The van der Waals surface area contributed by atoms with Crippen LogP contribution in [-0.2, 0) is 9.47 Å². The molecule has 4 rings (SSSR count). The zero-order chi connectivity index (χ0) is 32.6. The molecule has 2 aliphatic heterocycles. The summed E-state index contributed by atoms with van der Waals surface area (Å²) in [5.41, 5.74) is 0.341. The van der Waals surface area contributed by atoms with E-state index in [1.54, 1.807) is 19.1 Å². The number of ether oxygens (including phenoxy) is 3. The molecule has 0 saturated carbocycles. The molecule has 0 bridgehead atoms. The lowest BCUT2D eigenvalue weighted by Crippen LogP contribution is -2.62. The van der Waals surface area contributed by atoms with Gasteiger partial charge in [0.1, 0.15) is 17.9 Å². The Hall–Kier alpha value is -2.93. The van der Waals surface area contributed by atoms with E-state index in [0.29, 0.717) is 30.9 Å². The zero-order valence-electron chi connectivity index (χ0n) is 28.1. The summed E-state index contributed by atoms with van der Waals surface area (Å²) in [5.74, 6) is 0.811. The van der Waals surface area contributed by atoms with Crippen molar-refractivity contribution in [3.8, 4) is 11.6 Å². The first-order valence-electron chi connectivity index (χ1n) is 16.3. The van der Waals surface area contributed by atoms with Gasteiger partial charge < -0.3 is 29.3 Å². The predicted molar refractivity (Wildman–Crippen MR) is 172 cm³/mol. The normalized spacial score (nSPS) is 17.6. The maximum atomic E-state index is 14.3. The van der Waals surface area contributed by atoms with Crippen molar-refractivity contribution in [1.29, 1.82) is 0 Å². The van der Waals surface area contributed by atoms with Gasteiger partial charge in [0, 0.05) is 71.0 Å². The molecule has 2 atom stereocenters. The molecule has 1 amide bonds. The molecule has 1 spiro atoms. The number of anilines is 1. The van der Waals surface area contributed by atoms with Crippen LogP contribution in [0.2, 0.25) is 0 Å². The van der Waals surface area contributed by atoms with Crippen LogP contribution in [0, 0.1) is 17.2 Å². The molecule has 2 aromatic rings. The van der Waals surface area contributed by atoms with Gasteiger partial charge in [-0.25, -0.2) is 9.37 Å². The molecule has 12 heteroatoms. The van der Waals surface area contributed by atoms with Gasteiger partial charge in [0.15, 0.2) is 5.82 Å². The SMILES string of the molecule is CCN(C(=O)c1cc(F)ccc1Oc1nncnc1N1CCC2(C1)CN(C(CCCNCC(COC)OC)C(C)C)C2)C(C)C. The molecule has 250 valence electrons. The highest BCUT2D eigenvalue weighted by atomic mass is 19.1. The molecule has 0 radical (unpaired) electrons. The number of hydrogen-bond acceptors (Lipinski definition) is 10. The summed E-state index contributed by atoms with van der Waals surface area (Å²) < 4.78 is 31.1. The van der Waals surface area contributed by atoms with E-state index in [0.717, 1.165) is 58.5 Å². The molecule has 45 heavy (non-hydrogen) atoms. The van der Waals surface area contributed by atoms with E-state index in [-0.39, 0.29) is 40.7 Å². The average molecular weight is 630 g/mol. The lowest BCUT2D eigenvalue weighted by atomic mass is 9.76. The maximum Gasteiger partial charge on any atom is 0.282 e. The van der Waals surface area contributed by atoms with Crippen molar-refractivity contribution in [1.82, 2.24) is 30.3 Å². The van der Waals surface area contributed by atoms with Crippen LogP contribution in [0.15, 0.2) is 24.5 Å². The Kier molecular flexibility index (Phi) is 12.5. The van der Waals surface area contributed by atoms with E-state index in [1.807, 2.05) is 20.8 Å². The number of aromatic nitrogens is 3. The number of carbonyl (C=O) groups is 1. The van der Waals surface area contributed by atoms with Crippen LogP contribution in [0.25, 0.3) is 0 Å². The quantitative estimate of drug-likeness (QED) is 0.256. The topological polar surface area (TPSA) is 105 Å². The monoisotopic (exact) mass is 629 g/mol. The van der Waals surface area contributed by atoms with E-state index >= 15 is 0 Å². The summed E-state index contributed by atoms with van der Waals surface area (Å²) in [6.45, 7) is 17.0. The molecule has 1 aromatic heterocycles. The maximum absolute atomic E-state index is 14.3. The van der Waals surface area contributed by atoms with Crippen LogP contribution in [0.3, 0.4) is 0 Å². The van der Waals surface area contributed by atoms with Crippen molar-refractivity contribution in [2.24, 2.45) is 11.3 Å². The van der Waals surface area contributed by atoms with Crippen LogP contribution in [-0.4, -0.2) is 116 Å². The Balaban J connectivity index is 1.37. The molecule has 2 fully saturated rings. The molecular weight excluding hydrogens is 577 g/mol. The summed E-state index contributed by atoms with van der Waals surface area (Å²) in [4.78, 5) is 24.4. The molecule has 2 saturated heterocycles. The average Bonchev–Trinajstić information content (AvgIpc) is 3.44. The number of likely N-dealkylation sites (tertiary alicyclic amines) is 1. The molecule has 2 aliphatic rings. The van der Waals surface area contributed by atoms with Crippen molar-refractivity contribution < 1.29 is 23.4 Å². The van der Waals surface area contributed by atoms with E-state index in [1.165, 1.54) is 24.5 Å². The smallest absolute Gasteiger partial charge is 0.282 e. The second-order valence-electron chi connectivity index (χ2n) is 13.1. The van der Waals surface area contributed by atoms with Gasteiger partial charge in [-0.3, -0.25) is 9.69 Å². The third-order valence-corrected chi connectivity index (χ3v) is 9.14. The standard InChI is InChI=1S/C33H52FN7O4/c1-8-41(24(4)5)32(42)27-16-25(34)11-12-29(27)45-31-30(36-22-37-38-31)39-15-13-33(19-39)20-40(21-33)28(23(2)3)10-9-14-35-17-26(44-7)18-43-6/h11-12,16,22-24,26,28,35H,8-10,13-15,17-21H2,1-7H3. The number of amides is 1. The van der Waals surface area contributed by atoms with Crippen LogP contribution >= 0.6 is 0 Å². The van der Waals surface area contributed by atoms with E-state index in [4.69, 9.17) is 14.2 Å². The van der Waals surface area contributed by atoms with Crippen molar-refractivity contribution in [3.05, 3.63) is 35.9 Å². The molecule has 11 nitrogen and oxygen atoms in total. The number of rotatable bonds is 17. The van der Waals surface area contributed by atoms with Crippen LogP contribution in [0.1, 0.15) is 64.2 Å². The number of halogens is 1. The van der Waals surface area contributed by atoms with Gasteiger partial charge in [-0.2, -0.15) is 0 Å². The van der Waals surface area contributed by atoms with E-state index in [2.05, 4.69) is 44.1 Å². The Bertz CT molecular complexity index is 1240. The number of carbonyl (C=O) groups excluding carboxylic acids is 1. The van der Waals surface area contributed by atoms with Crippen molar-refractivity contribution >= 4 is 11.7 Å². The number of methoxy groups -OCH3 is 2. The fourth-order valence-electron chi connectivity index (χ4n) is 6.76. The fraction of sp³-hybridized carbons (Fsp3) is 0.697. The van der Waals surface area contributed by atoms with Gasteiger partial charge in [0.25, 0.3) is 11.8 Å². The third kappa shape index (κ3) is 8.66. The molecule has 3 heterocycles. The highest BCUT2D eigenvalue weighted by Crippen LogP contribution is 2.44. The van der Waals surface area contributed by atoms with Gasteiger partial charge in [-0.1, -0.05) is 13.8 Å². The number of nitrogens with zero attached hydrogens (tertiary/aromatic N) is 6. The molecule has 2 unspecified atom stereocenters. The lowest BCUT2D eigenvalue weighted by Gasteiger charge is -2.53. The van der Waals surface area contributed by atoms with Gasteiger partial charge in [0.2, 0.25) is 0 Å². The summed E-state index contributed by atoms with van der Waals surface area (Å²) in [6, 6.07) is 4.47. The summed E-state index contributed by atoms with van der Waals surface area (Å²) in [6.07, 6.45) is 4.80. The highest BCUT2D eigenvalue weighted by Gasteiger charge is 2.50.